The number of hydrogen-bond acceptors (Lipinski definition) is 5. The molecule has 1 saturated carbocycles. The van der Waals surface area contributed by atoms with Crippen LogP contribution in [0.15, 0.2) is 36.8 Å². The normalized spacial score (nSPS) is 16.9. The Labute approximate surface area is 181 Å². The van der Waals surface area contributed by atoms with Crippen LogP contribution in [0.1, 0.15) is 49.2 Å². The lowest BCUT2D eigenvalue weighted by molar-refractivity contribution is 0.100. The van der Waals surface area contributed by atoms with E-state index in [0.717, 1.165) is 17.5 Å². The number of nitrogens with zero attached hydrogens (tertiary/aromatic N) is 4. The number of alkyl halides is 1. The van der Waals surface area contributed by atoms with Gasteiger partial charge < -0.3 is 11.1 Å². The Kier molecular flexibility index (Phi) is 8.10. The number of hydrogen-bond donors (Lipinski definition) is 2. The number of nitriles is 1. The summed E-state index contributed by atoms with van der Waals surface area (Å²) in [7, 11) is 0. The molecule has 1 fully saturated rings. The van der Waals surface area contributed by atoms with Crippen molar-refractivity contribution in [2.24, 2.45) is 5.73 Å². The first-order valence-corrected chi connectivity index (χ1v) is 9.98. The van der Waals surface area contributed by atoms with E-state index in [9.17, 15) is 9.18 Å². The Hall–Kier alpha value is -3.91. The maximum atomic E-state index is 14.1. The zero-order valence-corrected chi connectivity index (χ0v) is 17.5. The number of pyridine rings is 1. The van der Waals surface area contributed by atoms with E-state index in [4.69, 9.17) is 11.0 Å². The zero-order chi connectivity index (χ0) is 23.0. The van der Waals surface area contributed by atoms with Gasteiger partial charge in [0.1, 0.15) is 17.9 Å². The van der Waals surface area contributed by atoms with Crippen LogP contribution in [0.3, 0.4) is 0 Å². The molecular formula is C23H25FN6O. The summed E-state index contributed by atoms with van der Waals surface area (Å²) in [5.41, 5.74) is 8.78. The molecule has 7 nitrogen and oxygen atoms in total. The van der Waals surface area contributed by atoms with E-state index in [1.165, 1.54) is 6.20 Å². The van der Waals surface area contributed by atoms with Crippen molar-refractivity contribution < 1.29 is 9.18 Å². The van der Waals surface area contributed by atoms with E-state index in [2.05, 4.69) is 28.2 Å². The molecule has 0 unspecified atom stereocenters. The maximum absolute atomic E-state index is 14.1. The quantitative estimate of drug-likeness (QED) is 0.621. The molecule has 3 heterocycles. The van der Waals surface area contributed by atoms with E-state index < -0.39 is 12.1 Å². The summed E-state index contributed by atoms with van der Waals surface area (Å²) in [5, 5.41) is 16.3. The first kappa shape index (κ1) is 23.4. The summed E-state index contributed by atoms with van der Waals surface area (Å²) >= 11 is 0. The van der Waals surface area contributed by atoms with Crippen LogP contribution >= 0.6 is 0 Å². The average Bonchev–Trinajstić information content (AvgIpc) is 3.43. The highest BCUT2D eigenvalue weighted by Crippen LogP contribution is 2.32. The minimum Gasteiger partial charge on any atom is -0.377 e. The molecule has 0 bridgehead atoms. The van der Waals surface area contributed by atoms with Gasteiger partial charge in [0.05, 0.1) is 29.0 Å². The van der Waals surface area contributed by atoms with Crippen LogP contribution in [0.25, 0.3) is 16.6 Å². The largest absolute Gasteiger partial charge is 0.377 e. The van der Waals surface area contributed by atoms with E-state index in [1.54, 1.807) is 29.0 Å². The Bertz CT molecular complexity index is 1100. The molecule has 0 spiro atoms. The Morgan fingerprint density at radius 2 is 2.03 bits per heavy atom. The van der Waals surface area contributed by atoms with Gasteiger partial charge in [0.15, 0.2) is 0 Å². The highest BCUT2D eigenvalue weighted by Gasteiger charge is 2.28. The minimum absolute atomic E-state index is 0.226. The van der Waals surface area contributed by atoms with Gasteiger partial charge in [-0.1, -0.05) is 13.8 Å². The molecule has 160 valence electrons. The van der Waals surface area contributed by atoms with Gasteiger partial charge >= 0.3 is 0 Å². The molecule has 3 aromatic heterocycles. The first-order chi connectivity index (χ1) is 15.1. The van der Waals surface area contributed by atoms with Crippen molar-refractivity contribution in [3.05, 3.63) is 48.0 Å². The van der Waals surface area contributed by atoms with Gasteiger partial charge in [-0.3, -0.25) is 4.79 Å². The van der Waals surface area contributed by atoms with Crippen molar-refractivity contribution in [1.29, 1.82) is 5.26 Å². The molecule has 1 amide bonds. The second-order valence-corrected chi connectivity index (χ2v) is 6.60. The summed E-state index contributed by atoms with van der Waals surface area (Å²) < 4.78 is 15.7. The van der Waals surface area contributed by atoms with Crippen LogP contribution in [0, 0.1) is 24.2 Å². The highest BCUT2D eigenvalue weighted by atomic mass is 19.1. The summed E-state index contributed by atoms with van der Waals surface area (Å²) in [4.78, 5) is 15.9. The molecule has 4 rings (SSSR count). The summed E-state index contributed by atoms with van der Waals surface area (Å²) in [6.07, 6.45) is 13.8. The third-order valence-electron chi connectivity index (χ3n) is 4.88. The molecule has 8 heteroatoms. The topological polar surface area (TPSA) is 109 Å². The summed E-state index contributed by atoms with van der Waals surface area (Å²) in [6.45, 7) is 4.00. The number of rotatable bonds is 4. The van der Waals surface area contributed by atoms with Gasteiger partial charge in [-0.15, -0.1) is 12.8 Å². The number of primary amides is 1. The number of carbonyl (C=O) groups is 1. The van der Waals surface area contributed by atoms with Gasteiger partial charge in [-0.25, -0.2) is 13.9 Å². The SMILES string of the molecule is C#C.CC.N#Cc1ccc(-c2cc3c(N[C@@H]4CCC[C@@H]4F)c(C(N)=O)cnn3c2)cn1. The van der Waals surface area contributed by atoms with Gasteiger partial charge in [0, 0.05) is 23.5 Å². The smallest absolute Gasteiger partial charge is 0.252 e. The van der Waals surface area contributed by atoms with E-state index >= 15 is 0 Å². The molecule has 3 aromatic rings. The van der Waals surface area contributed by atoms with E-state index in [-0.39, 0.29) is 11.6 Å². The van der Waals surface area contributed by atoms with Crippen molar-refractivity contribution >= 4 is 17.1 Å². The molecular weight excluding hydrogens is 395 g/mol. The van der Waals surface area contributed by atoms with Crippen LogP contribution in [0.5, 0.6) is 0 Å². The van der Waals surface area contributed by atoms with Crippen LogP contribution < -0.4 is 11.1 Å². The molecule has 0 saturated heterocycles. The predicted octanol–water partition coefficient (Wildman–Crippen LogP) is 3.94. The average molecular weight is 420 g/mol. The highest BCUT2D eigenvalue weighted by molar-refractivity contribution is 6.02. The standard InChI is InChI=1S/C19H17FN6O.C2H6.C2H2/c20-15-2-1-3-16(15)25-18-14(19(22)27)9-24-26-10-12(6-17(18)26)11-4-5-13(7-21)23-8-11;2*1-2/h4-6,8-10,15-16,25H,1-3H2,(H2,22,27);1-2H3;1-2H/t15-,16+;;/m0../s1. The van der Waals surface area contributed by atoms with Crippen LogP contribution in [0.4, 0.5) is 10.1 Å². The fourth-order valence-electron chi connectivity index (χ4n) is 3.45. The number of halogens is 1. The number of aromatic nitrogens is 3. The van der Waals surface area contributed by atoms with Crippen molar-refractivity contribution in [3.63, 3.8) is 0 Å². The van der Waals surface area contributed by atoms with Gasteiger partial charge in [0.2, 0.25) is 0 Å². The lowest BCUT2D eigenvalue weighted by Crippen LogP contribution is -2.27. The number of carbonyl (C=O) groups excluding carboxylic acids is 1. The zero-order valence-electron chi connectivity index (χ0n) is 17.5. The fraction of sp³-hybridized carbons (Fsp3) is 0.304. The number of anilines is 1. The Morgan fingerprint density at radius 3 is 2.58 bits per heavy atom. The molecule has 31 heavy (non-hydrogen) atoms. The molecule has 2 atom stereocenters. The number of nitrogens with one attached hydrogen (secondary N) is 1. The van der Waals surface area contributed by atoms with Crippen LogP contribution in [0.2, 0.25) is 0 Å². The van der Waals surface area contributed by atoms with Crippen molar-refractivity contribution in [2.75, 3.05) is 5.32 Å². The molecule has 0 aromatic carbocycles. The first-order valence-electron chi connectivity index (χ1n) is 9.98. The maximum Gasteiger partial charge on any atom is 0.252 e. The third kappa shape index (κ3) is 4.99. The number of fused-ring (bicyclic) bond motifs is 1. The lowest BCUT2D eigenvalue weighted by Gasteiger charge is -2.19. The number of nitrogens with two attached hydrogens (primary N) is 1. The van der Waals surface area contributed by atoms with Crippen LogP contribution in [-0.2, 0) is 0 Å². The molecule has 1 aliphatic rings. The predicted molar refractivity (Wildman–Crippen MR) is 119 cm³/mol. The van der Waals surface area contributed by atoms with Crippen molar-refractivity contribution in [2.45, 2.75) is 45.3 Å². The lowest BCUT2D eigenvalue weighted by atomic mass is 10.1. The van der Waals surface area contributed by atoms with Gasteiger partial charge in [-0.2, -0.15) is 10.4 Å². The molecule has 3 N–H and O–H groups in total. The third-order valence-corrected chi connectivity index (χ3v) is 4.88. The van der Waals surface area contributed by atoms with Gasteiger partial charge in [0.25, 0.3) is 5.91 Å². The monoisotopic (exact) mass is 420 g/mol. The molecule has 0 radical (unpaired) electrons. The summed E-state index contributed by atoms with van der Waals surface area (Å²) in [5.74, 6) is -0.622. The minimum atomic E-state index is -0.962. The molecule has 1 aliphatic carbocycles. The van der Waals surface area contributed by atoms with E-state index in [0.29, 0.717) is 29.7 Å². The second-order valence-electron chi connectivity index (χ2n) is 6.60. The number of terminal acetylenes is 1. The van der Waals surface area contributed by atoms with E-state index in [1.807, 2.05) is 26.0 Å². The number of amides is 1. The fourth-order valence-corrected chi connectivity index (χ4v) is 3.45. The van der Waals surface area contributed by atoms with Gasteiger partial charge in [-0.05, 0) is 37.5 Å². The summed E-state index contributed by atoms with van der Waals surface area (Å²) in [6, 6.07) is 6.88. The molecule has 0 aliphatic heterocycles. The van der Waals surface area contributed by atoms with Crippen LogP contribution in [-0.4, -0.2) is 32.7 Å². The van der Waals surface area contributed by atoms with Crippen molar-refractivity contribution in [1.82, 2.24) is 14.6 Å². The van der Waals surface area contributed by atoms with Crippen molar-refractivity contribution in [3.8, 4) is 30.0 Å². The second kappa shape index (κ2) is 10.7. The Balaban J connectivity index is 0.000000807. The Morgan fingerprint density at radius 1 is 1.29 bits per heavy atom.